The first-order valence-electron chi connectivity index (χ1n) is 6.73. The zero-order valence-corrected chi connectivity index (χ0v) is 11.1. The lowest BCUT2D eigenvalue weighted by atomic mass is 10.1. The van der Waals surface area contributed by atoms with Crippen molar-refractivity contribution in [2.24, 2.45) is 0 Å². The predicted molar refractivity (Wildman–Crippen MR) is 73.1 cm³/mol. The van der Waals surface area contributed by atoms with Gasteiger partial charge in [-0.25, -0.2) is 4.98 Å². The summed E-state index contributed by atoms with van der Waals surface area (Å²) in [4.78, 5) is 18.7. The molecule has 3 N–H and O–H groups in total. The minimum Gasteiger partial charge on any atom is -0.368 e. The second-order valence-corrected chi connectivity index (χ2v) is 5.20. The Hall–Kier alpha value is -1.36. The van der Waals surface area contributed by atoms with Gasteiger partial charge in [0, 0.05) is 24.6 Å². The highest BCUT2D eigenvalue weighted by atomic mass is 16.1. The van der Waals surface area contributed by atoms with Crippen molar-refractivity contribution in [1.82, 2.24) is 15.3 Å². The lowest BCUT2D eigenvalue weighted by Crippen LogP contribution is -2.39. The Balaban J connectivity index is 1.97. The van der Waals surface area contributed by atoms with Gasteiger partial charge in [0.25, 0.3) is 5.56 Å². The summed E-state index contributed by atoms with van der Waals surface area (Å²) in [7, 11) is 0. The van der Waals surface area contributed by atoms with Crippen molar-refractivity contribution in [1.29, 1.82) is 0 Å². The van der Waals surface area contributed by atoms with Crippen molar-refractivity contribution < 1.29 is 0 Å². The summed E-state index contributed by atoms with van der Waals surface area (Å²) >= 11 is 0. The second-order valence-electron chi connectivity index (χ2n) is 5.20. The molecule has 1 aromatic heterocycles. The number of H-pyrrole nitrogens is 1. The molecule has 0 radical (unpaired) electrons. The van der Waals surface area contributed by atoms with Crippen LogP contribution in [0.15, 0.2) is 10.9 Å². The van der Waals surface area contributed by atoms with Gasteiger partial charge in [-0.15, -0.1) is 0 Å². The lowest BCUT2D eigenvalue weighted by Gasteiger charge is -2.23. The molecule has 0 aromatic carbocycles. The van der Waals surface area contributed by atoms with Gasteiger partial charge in [0.15, 0.2) is 0 Å². The number of rotatable bonds is 4. The van der Waals surface area contributed by atoms with Gasteiger partial charge in [-0.05, 0) is 19.4 Å². The Labute approximate surface area is 107 Å². The van der Waals surface area contributed by atoms with E-state index in [4.69, 9.17) is 0 Å². The fraction of sp³-hybridized carbons (Fsp3) is 0.692. The second kappa shape index (κ2) is 6.00. The molecule has 1 aliphatic heterocycles. The molecule has 2 heterocycles. The summed E-state index contributed by atoms with van der Waals surface area (Å²) in [5.41, 5.74) is -0.0900. The van der Waals surface area contributed by atoms with E-state index in [1.165, 1.54) is 25.3 Å². The lowest BCUT2D eigenvalue weighted by molar-refractivity contribution is 0.414. The third-order valence-electron chi connectivity index (χ3n) is 3.25. The first-order chi connectivity index (χ1) is 8.65. The molecule has 1 saturated heterocycles. The van der Waals surface area contributed by atoms with E-state index in [1.54, 1.807) is 0 Å². The maximum atomic E-state index is 11.5. The van der Waals surface area contributed by atoms with Gasteiger partial charge < -0.3 is 15.6 Å². The number of nitrogens with one attached hydrogen (secondary N) is 3. The molecule has 1 fully saturated rings. The molecule has 1 atom stereocenters. The topological polar surface area (TPSA) is 69.8 Å². The molecule has 1 unspecified atom stereocenters. The van der Waals surface area contributed by atoms with Gasteiger partial charge in [0.2, 0.25) is 0 Å². The third-order valence-corrected chi connectivity index (χ3v) is 3.25. The van der Waals surface area contributed by atoms with Crippen LogP contribution in [-0.2, 0) is 0 Å². The molecule has 5 nitrogen and oxygen atoms in total. The molecule has 2 rings (SSSR count). The van der Waals surface area contributed by atoms with Crippen molar-refractivity contribution in [3.8, 4) is 0 Å². The van der Waals surface area contributed by atoms with Crippen LogP contribution in [-0.4, -0.2) is 29.1 Å². The van der Waals surface area contributed by atoms with Gasteiger partial charge in [-0.2, -0.15) is 0 Å². The molecule has 1 aromatic rings. The minimum atomic E-state index is -0.0900. The molecule has 5 heteroatoms. The average molecular weight is 250 g/mol. The smallest absolute Gasteiger partial charge is 0.252 e. The molecule has 0 aliphatic carbocycles. The van der Waals surface area contributed by atoms with Gasteiger partial charge in [0.05, 0.1) is 0 Å². The molecule has 0 saturated carbocycles. The zero-order chi connectivity index (χ0) is 13.0. The summed E-state index contributed by atoms with van der Waals surface area (Å²) in [5, 5.41) is 6.72. The summed E-state index contributed by atoms with van der Waals surface area (Å²) in [6.07, 6.45) is 3.73. The summed E-state index contributed by atoms with van der Waals surface area (Å²) in [6, 6.07) is 2.01. The normalized spacial score (nSPS) is 20.1. The van der Waals surface area contributed by atoms with E-state index in [0.29, 0.717) is 11.9 Å². The predicted octanol–water partition coefficient (Wildman–Crippen LogP) is 1.45. The average Bonchev–Trinajstić information content (AvgIpc) is 2.37. The number of aromatic nitrogens is 2. The van der Waals surface area contributed by atoms with Gasteiger partial charge in [-0.1, -0.05) is 20.3 Å². The minimum absolute atomic E-state index is 0.0900. The van der Waals surface area contributed by atoms with Crippen LogP contribution in [0.25, 0.3) is 0 Å². The largest absolute Gasteiger partial charge is 0.368 e. The Morgan fingerprint density at radius 2 is 2.33 bits per heavy atom. The highest BCUT2D eigenvalue weighted by Gasteiger charge is 2.12. The van der Waals surface area contributed by atoms with Crippen LogP contribution < -0.4 is 16.2 Å². The monoisotopic (exact) mass is 250 g/mol. The molecule has 100 valence electrons. The maximum Gasteiger partial charge on any atom is 0.252 e. The molecule has 1 aliphatic rings. The molecule has 18 heavy (non-hydrogen) atoms. The summed E-state index contributed by atoms with van der Waals surface area (Å²) in [6.45, 7) is 5.95. The van der Waals surface area contributed by atoms with Gasteiger partial charge in [-0.3, -0.25) is 4.79 Å². The maximum absolute atomic E-state index is 11.5. The van der Waals surface area contributed by atoms with Crippen molar-refractivity contribution in [2.45, 2.75) is 45.1 Å². The van der Waals surface area contributed by atoms with E-state index in [1.807, 2.05) is 13.8 Å². The fourth-order valence-corrected chi connectivity index (χ4v) is 2.17. The first kappa shape index (κ1) is 13.1. The van der Waals surface area contributed by atoms with E-state index in [9.17, 15) is 4.79 Å². The highest BCUT2D eigenvalue weighted by Crippen LogP contribution is 2.10. The van der Waals surface area contributed by atoms with Crippen LogP contribution >= 0.6 is 0 Å². The van der Waals surface area contributed by atoms with Crippen molar-refractivity contribution in [2.75, 3.05) is 18.4 Å². The van der Waals surface area contributed by atoms with Gasteiger partial charge >= 0.3 is 0 Å². The van der Waals surface area contributed by atoms with E-state index < -0.39 is 0 Å². The molecular weight excluding hydrogens is 228 g/mol. The van der Waals surface area contributed by atoms with Crippen LogP contribution in [0.2, 0.25) is 0 Å². The number of aromatic amines is 1. The fourth-order valence-electron chi connectivity index (χ4n) is 2.17. The van der Waals surface area contributed by atoms with E-state index in [-0.39, 0.29) is 11.5 Å². The molecule has 0 bridgehead atoms. The van der Waals surface area contributed by atoms with Crippen LogP contribution in [0.1, 0.15) is 44.9 Å². The van der Waals surface area contributed by atoms with Crippen LogP contribution in [0.5, 0.6) is 0 Å². The first-order valence-corrected chi connectivity index (χ1v) is 6.73. The molecule has 0 amide bonds. The highest BCUT2D eigenvalue weighted by molar-refractivity contribution is 5.33. The van der Waals surface area contributed by atoms with Crippen molar-refractivity contribution in [3.63, 3.8) is 0 Å². The quantitative estimate of drug-likeness (QED) is 0.756. The number of hydrogen-bond donors (Lipinski definition) is 3. The zero-order valence-electron chi connectivity index (χ0n) is 11.1. The molecular formula is C13H22N4O. The third kappa shape index (κ3) is 3.57. The number of anilines is 1. The molecule has 0 spiro atoms. The van der Waals surface area contributed by atoms with Gasteiger partial charge in [0.1, 0.15) is 11.6 Å². The Bertz CT molecular complexity index is 435. The Morgan fingerprint density at radius 3 is 3.00 bits per heavy atom. The summed E-state index contributed by atoms with van der Waals surface area (Å²) < 4.78 is 0. The SMILES string of the molecule is CC(C)c1nc(NCC2CCCCN2)cc(=O)[nH]1. The Kier molecular flexibility index (Phi) is 4.36. The number of nitrogens with zero attached hydrogens (tertiary/aromatic N) is 1. The Morgan fingerprint density at radius 1 is 1.50 bits per heavy atom. The van der Waals surface area contributed by atoms with E-state index >= 15 is 0 Å². The standard InChI is InChI=1S/C13H22N4O/c1-9(2)13-16-11(7-12(18)17-13)15-8-10-5-3-4-6-14-10/h7,9-10,14H,3-6,8H2,1-2H3,(H2,15,16,17,18). The van der Waals surface area contributed by atoms with Crippen LogP contribution in [0.4, 0.5) is 5.82 Å². The number of piperidine rings is 1. The van der Waals surface area contributed by atoms with Crippen LogP contribution in [0.3, 0.4) is 0 Å². The van der Waals surface area contributed by atoms with Crippen molar-refractivity contribution in [3.05, 3.63) is 22.2 Å². The van der Waals surface area contributed by atoms with E-state index in [0.717, 1.165) is 18.9 Å². The number of hydrogen-bond acceptors (Lipinski definition) is 4. The van der Waals surface area contributed by atoms with Crippen molar-refractivity contribution >= 4 is 5.82 Å². The summed E-state index contributed by atoms with van der Waals surface area (Å²) in [5.74, 6) is 1.64. The van der Waals surface area contributed by atoms with E-state index in [2.05, 4.69) is 20.6 Å². The van der Waals surface area contributed by atoms with Crippen LogP contribution in [0, 0.1) is 0 Å².